The summed E-state index contributed by atoms with van der Waals surface area (Å²) in [6.45, 7) is 5.23. The molecule has 2 aromatic heterocycles. The van der Waals surface area contributed by atoms with Gasteiger partial charge in [0.05, 0.1) is 17.0 Å². The average Bonchev–Trinajstić information content (AvgIpc) is 2.97. The molecule has 1 amide bonds. The maximum atomic E-state index is 12.4. The lowest BCUT2D eigenvalue weighted by atomic mass is 10.2. The van der Waals surface area contributed by atoms with Crippen LogP contribution in [0, 0.1) is 0 Å². The molecule has 3 rings (SSSR count). The second-order valence-electron chi connectivity index (χ2n) is 5.61. The van der Waals surface area contributed by atoms with Crippen LogP contribution in [0.1, 0.15) is 19.4 Å². The summed E-state index contributed by atoms with van der Waals surface area (Å²) in [4.78, 5) is 21.1. The maximum absolute atomic E-state index is 12.4. The van der Waals surface area contributed by atoms with E-state index in [2.05, 4.69) is 26.8 Å². The number of aryl methyl sites for hydroxylation is 1. The molecule has 1 atom stereocenters. The quantitative estimate of drug-likeness (QED) is 0.665. The van der Waals surface area contributed by atoms with Gasteiger partial charge in [0.1, 0.15) is 5.52 Å². The third-order valence-corrected chi connectivity index (χ3v) is 5.21. The van der Waals surface area contributed by atoms with Crippen LogP contribution in [0.25, 0.3) is 11.0 Å². The van der Waals surface area contributed by atoms with E-state index >= 15 is 0 Å². The van der Waals surface area contributed by atoms with E-state index in [1.807, 2.05) is 37.3 Å². The summed E-state index contributed by atoms with van der Waals surface area (Å²) in [5, 5.41) is 4.23. The number of pyridine rings is 1. The smallest absolute Gasteiger partial charge is 0.233 e. The number of amides is 1. The topological polar surface area (TPSA) is 59.8 Å². The summed E-state index contributed by atoms with van der Waals surface area (Å²) in [6, 6.07) is 9.40. The van der Waals surface area contributed by atoms with Gasteiger partial charge in [-0.05, 0) is 37.6 Å². The molecule has 2 heterocycles. The number of carbonyl (C=O) groups excluding carboxylic acids is 1. The van der Waals surface area contributed by atoms with Crippen LogP contribution in [-0.4, -0.2) is 25.7 Å². The summed E-state index contributed by atoms with van der Waals surface area (Å²) < 4.78 is 2.10. The average molecular weight is 375 g/mol. The summed E-state index contributed by atoms with van der Waals surface area (Å²) in [6.07, 6.45) is 3.50. The Hall–Kier alpha value is -2.05. The molecular formula is C18H19ClN4OS. The van der Waals surface area contributed by atoms with Gasteiger partial charge >= 0.3 is 0 Å². The Morgan fingerprint density at radius 2 is 2.08 bits per heavy atom. The van der Waals surface area contributed by atoms with E-state index in [1.54, 1.807) is 12.4 Å². The predicted octanol–water partition coefficient (Wildman–Crippen LogP) is 3.90. The number of rotatable bonds is 6. The standard InChI is InChI=1S/C18H19ClN4OS/c1-3-23-16-8-9-20-11-15(16)22-18(23)25-12(2)17(24)21-10-13-4-6-14(19)7-5-13/h4-9,11-12H,3,10H2,1-2H3,(H,21,24)/t12-/m0/s1. The molecule has 1 aromatic carbocycles. The summed E-state index contributed by atoms with van der Waals surface area (Å²) >= 11 is 7.33. The van der Waals surface area contributed by atoms with Gasteiger partial charge in [0.25, 0.3) is 0 Å². The maximum Gasteiger partial charge on any atom is 0.233 e. The molecule has 0 fully saturated rings. The van der Waals surface area contributed by atoms with Crippen molar-refractivity contribution in [3.05, 3.63) is 53.3 Å². The molecular weight excluding hydrogens is 356 g/mol. The molecule has 7 heteroatoms. The number of aromatic nitrogens is 3. The lowest BCUT2D eigenvalue weighted by molar-refractivity contribution is -0.120. The first-order valence-corrected chi connectivity index (χ1v) is 9.33. The highest BCUT2D eigenvalue weighted by atomic mass is 35.5. The molecule has 130 valence electrons. The highest BCUT2D eigenvalue weighted by Crippen LogP contribution is 2.27. The minimum absolute atomic E-state index is 0.0206. The first kappa shape index (κ1) is 17.8. The van der Waals surface area contributed by atoms with E-state index in [1.165, 1.54) is 11.8 Å². The highest BCUT2D eigenvalue weighted by Gasteiger charge is 2.18. The van der Waals surface area contributed by atoms with Crippen LogP contribution < -0.4 is 5.32 Å². The van der Waals surface area contributed by atoms with Crippen molar-refractivity contribution in [3.63, 3.8) is 0 Å². The van der Waals surface area contributed by atoms with Gasteiger partial charge < -0.3 is 9.88 Å². The van der Waals surface area contributed by atoms with Gasteiger partial charge in [-0.2, -0.15) is 0 Å². The molecule has 0 spiro atoms. The second kappa shape index (κ2) is 7.89. The highest BCUT2D eigenvalue weighted by molar-refractivity contribution is 8.00. The second-order valence-corrected chi connectivity index (χ2v) is 7.35. The van der Waals surface area contributed by atoms with Crippen LogP contribution >= 0.6 is 23.4 Å². The van der Waals surface area contributed by atoms with Crippen LogP contribution in [0.2, 0.25) is 5.02 Å². The fourth-order valence-electron chi connectivity index (χ4n) is 2.50. The zero-order valence-corrected chi connectivity index (χ0v) is 15.6. The number of carbonyl (C=O) groups is 1. The molecule has 1 N–H and O–H groups in total. The van der Waals surface area contributed by atoms with Crippen molar-refractivity contribution in [3.8, 4) is 0 Å². The van der Waals surface area contributed by atoms with Crippen molar-refractivity contribution < 1.29 is 4.79 Å². The molecule has 0 aliphatic carbocycles. The first-order chi connectivity index (χ1) is 12.1. The number of fused-ring (bicyclic) bond motifs is 1. The number of nitrogens with zero attached hydrogens (tertiary/aromatic N) is 3. The Labute approximate surface area is 155 Å². The van der Waals surface area contributed by atoms with Crippen molar-refractivity contribution >= 4 is 40.3 Å². The van der Waals surface area contributed by atoms with Crippen molar-refractivity contribution in [2.24, 2.45) is 0 Å². The largest absolute Gasteiger partial charge is 0.351 e. The monoisotopic (exact) mass is 374 g/mol. The summed E-state index contributed by atoms with van der Waals surface area (Å²) in [5.41, 5.74) is 2.90. The predicted molar refractivity (Wildman–Crippen MR) is 102 cm³/mol. The Morgan fingerprint density at radius 1 is 1.32 bits per heavy atom. The molecule has 0 radical (unpaired) electrons. The fraction of sp³-hybridized carbons (Fsp3) is 0.278. The molecule has 3 aromatic rings. The molecule has 0 bridgehead atoms. The van der Waals surface area contributed by atoms with E-state index in [0.29, 0.717) is 11.6 Å². The zero-order chi connectivity index (χ0) is 17.8. The number of thioether (sulfide) groups is 1. The van der Waals surface area contributed by atoms with E-state index in [-0.39, 0.29) is 11.2 Å². The van der Waals surface area contributed by atoms with Crippen LogP contribution in [0.3, 0.4) is 0 Å². The number of halogens is 1. The van der Waals surface area contributed by atoms with Gasteiger partial charge in [-0.25, -0.2) is 4.98 Å². The Morgan fingerprint density at radius 3 is 2.80 bits per heavy atom. The normalized spacial score (nSPS) is 12.3. The van der Waals surface area contributed by atoms with Gasteiger partial charge in [-0.3, -0.25) is 9.78 Å². The third kappa shape index (κ3) is 4.14. The minimum Gasteiger partial charge on any atom is -0.351 e. The summed E-state index contributed by atoms with van der Waals surface area (Å²) in [7, 11) is 0. The third-order valence-electron chi connectivity index (χ3n) is 3.86. The lowest BCUT2D eigenvalue weighted by Gasteiger charge is -2.12. The molecule has 0 saturated heterocycles. The minimum atomic E-state index is -0.248. The Kier molecular flexibility index (Phi) is 5.60. The molecule has 0 unspecified atom stereocenters. The number of benzene rings is 1. The number of hydrogen-bond donors (Lipinski definition) is 1. The van der Waals surface area contributed by atoms with E-state index in [0.717, 1.165) is 28.3 Å². The van der Waals surface area contributed by atoms with Crippen molar-refractivity contribution in [1.29, 1.82) is 0 Å². The number of hydrogen-bond acceptors (Lipinski definition) is 4. The van der Waals surface area contributed by atoms with Crippen molar-refractivity contribution in [1.82, 2.24) is 19.9 Å². The molecule has 0 saturated carbocycles. The van der Waals surface area contributed by atoms with Gasteiger partial charge in [0, 0.05) is 24.3 Å². The summed E-state index contributed by atoms with van der Waals surface area (Å²) in [5.74, 6) is -0.0206. The molecule has 0 aliphatic heterocycles. The first-order valence-electron chi connectivity index (χ1n) is 8.07. The van der Waals surface area contributed by atoms with E-state index < -0.39 is 0 Å². The van der Waals surface area contributed by atoms with Gasteiger partial charge in [-0.15, -0.1) is 0 Å². The van der Waals surface area contributed by atoms with Gasteiger partial charge in [0.15, 0.2) is 5.16 Å². The fourth-order valence-corrected chi connectivity index (χ4v) is 3.64. The zero-order valence-electron chi connectivity index (χ0n) is 14.1. The van der Waals surface area contributed by atoms with Crippen molar-refractivity contribution in [2.45, 2.75) is 37.3 Å². The number of imidazole rings is 1. The molecule has 0 aliphatic rings. The van der Waals surface area contributed by atoms with Crippen molar-refractivity contribution in [2.75, 3.05) is 0 Å². The van der Waals surface area contributed by atoms with Crippen LogP contribution in [0.4, 0.5) is 0 Å². The SMILES string of the molecule is CCn1c(S[C@@H](C)C(=O)NCc2ccc(Cl)cc2)nc2cnccc21. The van der Waals surface area contributed by atoms with Crippen LogP contribution in [0.15, 0.2) is 47.9 Å². The lowest BCUT2D eigenvalue weighted by Crippen LogP contribution is -2.30. The molecule has 25 heavy (non-hydrogen) atoms. The Bertz CT molecular complexity index is 878. The van der Waals surface area contributed by atoms with Crippen LogP contribution in [-0.2, 0) is 17.9 Å². The molecule has 5 nitrogen and oxygen atoms in total. The number of nitrogens with one attached hydrogen (secondary N) is 1. The van der Waals surface area contributed by atoms with Gasteiger partial charge in [-0.1, -0.05) is 35.5 Å². The van der Waals surface area contributed by atoms with E-state index in [4.69, 9.17) is 11.6 Å². The van der Waals surface area contributed by atoms with E-state index in [9.17, 15) is 4.79 Å². The Balaban J connectivity index is 1.66. The van der Waals surface area contributed by atoms with Gasteiger partial charge in [0.2, 0.25) is 5.91 Å². The van der Waals surface area contributed by atoms with Crippen LogP contribution in [0.5, 0.6) is 0 Å².